The summed E-state index contributed by atoms with van der Waals surface area (Å²) in [7, 11) is 0. The second kappa shape index (κ2) is 5.31. The molecule has 3 N–H and O–H groups in total. The van der Waals surface area contributed by atoms with E-state index >= 15 is 0 Å². The number of hydrogen-bond donors (Lipinski definition) is 2. The minimum absolute atomic E-state index is 0.139. The number of aromatic nitrogens is 2. The zero-order valence-corrected chi connectivity index (χ0v) is 10.2. The van der Waals surface area contributed by atoms with Crippen LogP contribution in [0.1, 0.15) is 44.3 Å². The third kappa shape index (κ3) is 3.06. The summed E-state index contributed by atoms with van der Waals surface area (Å²) >= 11 is 0. The van der Waals surface area contributed by atoms with Crippen LogP contribution in [-0.2, 0) is 11.3 Å². The van der Waals surface area contributed by atoms with Gasteiger partial charge in [-0.25, -0.2) is 0 Å². The van der Waals surface area contributed by atoms with E-state index in [1.54, 1.807) is 6.92 Å². The van der Waals surface area contributed by atoms with Crippen LogP contribution in [0.5, 0.6) is 0 Å². The fraction of sp³-hybridized carbons (Fsp3) is 0.667. The maximum atomic E-state index is 11.3. The first-order valence-electron chi connectivity index (χ1n) is 6.24. The predicted molar refractivity (Wildman–Crippen MR) is 65.2 cm³/mol. The summed E-state index contributed by atoms with van der Waals surface area (Å²) in [4.78, 5) is 11.3. The van der Waals surface area contributed by atoms with Crippen molar-refractivity contribution in [3.05, 3.63) is 18.0 Å². The number of nitrogens with one attached hydrogen (secondary N) is 1. The molecule has 94 valence electrons. The molecule has 0 radical (unpaired) electrons. The third-order valence-corrected chi connectivity index (χ3v) is 3.22. The van der Waals surface area contributed by atoms with E-state index in [4.69, 9.17) is 5.73 Å². The van der Waals surface area contributed by atoms with Crippen molar-refractivity contribution in [3.8, 4) is 0 Å². The van der Waals surface area contributed by atoms with Crippen molar-refractivity contribution in [3.63, 3.8) is 0 Å². The predicted octanol–water partition coefficient (Wildman–Crippen LogP) is 0.962. The topological polar surface area (TPSA) is 72.9 Å². The Labute approximate surface area is 101 Å². The lowest BCUT2D eigenvalue weighted by Gasteiger charge is -2.09. The van der Waals surface area contributed by atoms with Gasteiger partial charge in [-0.3, -0.25) is 9.48 Å². The van der Waals surface area contributed by atoms with Crippen LogP contribution in [0.25, 0.3) is 0 Å². The summed E-state index contributed by atoms with van der Waals surface area (Å²) < 4.78 is 2.03. The van der Waals surface area contributed by atoms with Gasteiger partial charge in [0, 0.05) is 6.20 Å². The Morgan fingerprint density at radius 1 is 1.65 bits per heavy atom. The number of nitrogens with two attached hydrogens (primary N) is 1. The average Bonchev–Trinajstić information content (AvgIpc) is 2.95. The van der Waals surface area contributed by atoms with E-state index in [9.17, 15) is 4.79 Å². The van der Waals surface area contributed by atoms with E-state index in [0.29, 0.717) is 12.6 Å². The highest BCUT2D eigenvalue weighted by molar-refractivity contribution is 5.80. The van der Waals surface area contributed by atoms with Gasteiger partial charge in [0.25, 0.3) is 0 Å². The van der Waals surface area contributed by atoms with Gasteiger partial charge in [0.2, 0.25) is 5.91 Å². The van der Waals surface area contributed by atoms with Crippen LogP contribution >= 0.6 is 0 Å². The van der Waals surface area contributed by atoms with Crippen molar-refractivity contribution >= 4 is 5.91 Å². The molecule has 1 aliphatic rings. The molecule has 2 rings (SSSR count). The van der Waals surface area contributed by atoms with Crippen LogP contribution in [-0.4, -0.2) is 21.7 Å². The smallest absolute Gasteiger partial charge is 0.236 e. The van der Waals surface area contributed by atoms with E-state index in [2.05, 4.69) is 10.4 Å². The molecule has 0 unspecified atom stereocenters. The molecule has 17 heavy (non-hydrogen) atoms. The van der Waals surface area contributed by atoms with Gasteiger partial charge in [-0.05, 0) is 25.8 Å². The second-order valence-corrected chi connectivity index (χ2v) is 4.73. The summed E-state index contributed by atoms with van der Waals surface area (Å²) in [6, 6.07) is 2.04. The minimum atomic E-state index is -0.466. The number of amides is 1. The molecule has 0 bridgehead atoms. The van der Waals surface area contributed by atoms with E-state index in [1.165, 1.54) is 25.7 Å². The minimum Gasteiger partial charge on any atom is -0.349 e. The van der Waals surface area contributed by atoms with Crippen molar-refractivity contribution in [1.29, 1.82) is 0 Å². The van der Waals surface area contributed by atoms with Crippen LogP contribution in [0.4, 0.5) is 0 Å². The van der Waals surface area contributed by atoms with Crippen LogP contribution in [0.3, 0.4) is 0 Å². The quantitative estimate of drug-likeness (QED) is 0.818. The summed E-state index contributed by atoms with van der Waals surface area (Å²) in [6.07, 6.45) is 7.02. The summed E-state index contributed by atoms with van der Waals surface area (Å²) in [6.45, 7) is 2.13. The van der Waals surface area contributed by atoms with E-state index in [-0.39, 0.29) is 5.91 Å². The number of carbonyl (C=O) groups excluding carboxylic acids is 1. The Balaban J connectivity index is 1.87. The van der Waals surface area contributed by atoms with Gasteiger partial charge in [0.05, 0.1) is 24.3 Å². The van der Waals surface area contributed by atoms with Crippen molar-refractivity contribution in [2.45, 2.75) is 51.2 Å². The molecule has 1 aromatic heterocycles. The largest absolute Gasteiger partial charge is 0.349 e. The molecule has 0 saturated heterocycles. The molecule has 0 aliphatic heterocycles. The molecule has 5 heteroatoms. The fourth-order valence-corrected chi connectivity index (χ4v) is 2.18. The maximum absolute atomic E-state index is 11.3. The lowest BCUT2D eigenvalue weighted by atomic mass is 10.3. The highest BCUT2D eigenvalue weighted by Crippen LogP contribution is 2.28. The number of nitrogens with zero attached hydrogens (tertiary/aromatic N) is 2. The van der Waals surface area contributed by atoms with Gasteiger partial charge in [-0.2, -0.15) is 5.10 Å². The zero-order chi connectivity index (χ0) is 12.3. The van der Waals surface area contributed by atoms with Crippen molar-refractivity contribution < 1.29 is 4.79 Å². The number of rotatable bonds is 4. The van der Waals surface area contributed by atoms with E-state index in [0.717, 1.165) is 5.69 Å². The van der Waals surface area contributed by atoms with Crippen LogP contribution < -0.4 is 11.1 Å². The van der Waals surface area contributed by atoms with Gasteiger partial charge in [-0.1, -0.05) is 12.8 Å². The summed E-state index contributed by atoms with van der Waals surface area (Å²) in [5, 5.41) is 7.25. The Bertz CT molecular complexity index is 380. The molecule has 0 aromatic carbocycles. The normalized spacial score (nSPS) is 18.2. The summed E-state index contributed by atoms with van der Waals surface area (Å²) in [5.41, 5.74) is 6.36. The Hall–Kier alpha value is -1.36. The Kier molecular flexibility index (Phi) is 3.78. The average molecular weight is 236 g/mol. The van der Waals surface area contributed by atoms with E-state index < -0.39 is 6.04 Å². The lowest BCUT2D eigenvalue weighted by Crippen LogP contribution is -2.37. The molecule has 0 spiro atoms. The maximum Gasteiger partial charge on any atom is 0.236 e. The van der Waals surface area contributed by atoms with Gasteiger partial charge >= 0.3 is 0 Å². The second-order valence-electron chi connectivity index (χ2n) is 4.73. The highest BCUT2D eigenvalue weighted by Gasteiger charge is 2.17. The molecular formula is C12H20N4O. The highest BCUT2D eigenvalue weighted by atomic mass is 16.2. The Morgan fingerprint density at radius 2 is 2.35 bits per heavy atom. The number of hydrogen-bond acceptors (Lipinski definition) is 3. The number of carbonyl (C=O) groups is 1. The first-order valence-corrected chi connectivity index (χ1v) is 6.24. The Morgan fingerprint density at radius 3 is 3.00 bits per heavy atom. The van der Waals surface area contributed by atoms with Crippen LogP contribution in [0.15, 0.2) is 12.3 Å². The molecule has 1 atom stereocenters. The van der Waals surface area contributed by atoms with Gasteiger partial charge in [-0.15, -0.1) is 0 Å². The summed E-state index contributed by atoms with van der Waals surface area (Å²) in [5.74, 6) is -0.139. The monoisotopic (exact) mass is 236 g/mol. The standard InChI is InChI=1S/C12H20N4O/c1-9(13)12(17)14-8-10-6-7-16(15-10)11-4-2-3-5-11/h6-7,9,11H,2-5,8,13H2,1H3,(H,14,17)/t9-/m1/s1. The van der Waals surface area contributed by atoms with Gasteiger partial charge < -0.3 is 11.1 Å². The molecule has 1 amide bonds. The first kappa shape index (κ1) is 12.1. The van der Waals surface area contributed by atoms with Crippen LogP contribution in [0, 0.1) is 0 Å². The van der Waals surface area contributed by atoms with Crippen molar-refractivity contribution in [2.75, 3.05) is 0 Å². The van der Waals surface area contributed by atoms with Gasteiger partial charge in [0.1, 0.15) is 0 Å². The third-order valence-electron chi connectivity index (χ3n) is 3.22. The molecule has 1 heterocycles. The van der Waals surface area contributed by atoms with Crippen molar-refractivity contribution in [1.82, 2.24) is 15.1 Å². The first-order chi connectivity index (χ1) is 8.16. The molecular weight excluding hydrogens is 216 g/mol. The molecule has 1 fully saturated rings. The molecule has 1 aliphatic carbocycles. The lowest BCUT2D eigenvalue weighted by molar-refractivity contribution is -0.122. The zero-order valence-electron chi connectivity index (χ0n) is 10.2. The molecule has 1 aromatic rings. The van der Waals surface area contributed by atoms with Crippen LogP contribution in [0.2, 0.25) is 0 Å². The van der Waals surface area contributed by atoms with Gasteiger partial charge in [0.15, 0.2) is 0 Å². The van der Waals surface area contributed by atoms with E-state index in [1.807, 2.05) is 16.9 Å². The fourth-order valence-electron chi connectivity index (χ4n) is 2.18. The SMILES string of the molecule is C[C@@H](N)C(=O)NCc1ccn(C2CCCC2)n1. The molecule has 1 saturated carbocycles. The van der Waals surface area contributed by atoms with Crippen molar-refractivity contribution in [2.24, 2.45) is 5.73 Å². The molecule has 5 nitrogen and oxygen atoms in total.